The first-order chi connectivity index (χ1) is 5.92. The van der Waals surface area contributed by atoms with Gasteiger partial charge in [-0.15, -0.1) is 36.2 Å². The SMILES string of the molecule is Cl.Cl.NCC1CNCC1c1cccs1. The monoisotopic (exact) mass is 254 g/mol. The van der Waals surface area contributed by atoms with Crippen LogP contribution in [0, 0.1) is 5.92 Å². The quantitative estimate of drug-likeness (QED) is 0.846. The maximum Gasteiger partial charge on any atom is 0.0110 e. The molecule has 1 aliphatic heterocycles. The summed E-state index contributed by atoms with van der Waals surface area (Å²) in [5.74, 6) is 1.30. The first-order valence-corrected chi connectivity index (χ1v) is 5.24. The fourth-order valence-electron chi connectivity index (χ4n) is 1.82. The molecular formula is C9H16Cl2N2S. The minimum Gasteiger partial charge on any atom is -0.330 e. The highest BCUT2D eigenvalue weighted by molar-refractivity contribution is 7.10. The molecule has 0 saturated carbocycles. The van der Waals surface area contributed by atoms with Crippen LogP contribution in [0.1, 0.15) is 10.8 Å². The molecule has 1 saturated heterocycles. The van der Waals surface area contributed by atoms with Gasteiger partial charge in [-0.05, 0) is 30.5 Å². The van der Waals surface area contributed by atoms with Gasteiger partial charge in [0.05, 0.1) is 0 Å². The van der Waals surface area contributed by atoms with Gasteiger partial charge in [-0.1, -0.05) is 6.07 Å². The van der Waals surface area contributed by atoms with E-state index in [9.17, 15) is 0 Å². The van der Waals surface area contributed by atoms with Crippen LogP contribution in [0.3, 0.4) is 0 Å². The minimum atomic E-state index is 0. The van der Waals surface area contributed by atoms with E-state index in [1.54, 1.807) is 0 Å². The summed E-state index contributed by atoms with van der Waals surface area (Å²) in [5, 5.41) is 5.53. The van der Waals surface area contributed by atoms with Gasteiger partial charge in [0.2, 0.25) is 0 Å². The Labute approximate surface area is 101 Å². The molecule has 0 aromatic carbocycles. The molecule has 3 N–H and O–H groups in total. The lowest BCUT2D eigenvalue weighted by Crippen LogP contribution is -2.20. The summed E-state index contributed by atoms with van der Waals surface area (Å²) in [5.41, 5.74) is 5.69. The average molecular weight is 255 g/mol. The van der Waals surface area contributed by atoms with Gasteiger partial charge >= 0.3 is 0 Å². The standard InChI is InChI=1S/C9H14N2S.2ClH/c10-4-7-5-11-6-8(7)9-2-1-3-12-9;;/h1-3,7-8,11H,4-6,10H2;2*1H. The third-order valence-corrected chi connectivity index (χ3v) is 3.56. The molecule has 1 aromatic heterocycles. The van der Waals surface area contributed by atoms with Crippen molar-refractivity contribution >= 4 is 36.2 Å². The fourth-order valence-corrected chi connectivity index (χ4v) is 2.74. The van der Waals surface area contributed by atoms with Crippen molar-refractivity contribution in [3.8, 4) is 0 Å². The molecule has 0 bridgehead atoms. The minimum absolute atomic E-state index is 0. The molecule has 2 nitrogen and oxygen atoms in total. The highest BCUT2D eigenvalue weighted by Gasteiger charge is 2.27. The Morgan fingerprint density at radius 3 is 2.79 bits per heavy atom. The van der Waals surface area contributed by atoms with E-state index in [-0.39, 0.29) is 24.8 Å². The van der Waals surface area contributed by atoms with E-state index in [0.717, 1.165) is 19.6 Å². The Kier molecular flexibility index (Phi) is 6.74. The number of nitrogens with one attached hydrogen (secondary N) is 1. The summed E-state index contributed by atoms with van der Waals surface area (Å²) in [6.45, 7) is 2.98. The van der Waals surface area contributed by atoms with Crippen molar-refractivity contribution in [1.82, 2.24) is 5.32 Å². The van der Waals surface area contributed by atoms with Gasteiger partial charge in [0.25, 0.3) is 0 Å². The van der Waals surface area contributed by atoms with Crippen molar-refractivity contribution in [1.29, 1.82) is 0 Å². The zero-order valence-electron chi connectivity index (χ0n) is 7.81. The van der Waals surface area contributed by atoms with Crippen LogP contribution in [0.2, 0.25) is 0 Å². The van der Waals surface area contributed by atoms with E-state index in [1.807, 2.05) is 11.3 Å². The molecule has 82 valence electrons. The third kappa shape index (κ3) is 2.84. The molecular weight excluding hydrogens is 239 g/mol. The fraction of sp³-hybridized carbons (Fsp3) is 0.556. The van der Waals surface area contributed by atoms with E-state index >= 15 is 0 Å². The van der Waals surface area contributed by atoms with Crippen molar-refractivity contribution in [3.05, 3.63) is 22.4 Å². The largest absolute Gasteiger partial charge is 0.330 e. The zero-order chi connectivity index (χ0) is 8.39. The summed E-state index contributed by atoms with van der Waals surface area (Å²) in [6.07, 6.45) is 0. The lowest BCUT2D eigenvalue weighted by atomic mass is 9.95. The predicted molar refractivity (Wildman–Crippen MR) is 67.0 cm³/mol. The van der Waals surface area contributed by atoms with E-state index in [0.29, 0.717) is 11.8 Å². The van der Waals surface area contributed by atoms with Crippen LogP contribution in [0.4, 0.5) is 0 Å². The smallest absolute Gasteiger partial charge is 0.0110 e. The molecule has 1 aromatic rings. The van der Waals surface area contributed by atoms with Crippen molar-refractivity contribution < 1.29 is 0 Å². The first-order valence-electron chi connectivity index (χ1n) is 4.36. The van der Waals surface area contributed by atoms with Crippen molar-refractivity contribution in [2.45, 2.75) is 5.92 Å². The van der Waals surface area contributed by atoms with Gasteiger partial charge in [0.15, 0.2) is 0 Å². The average Bonchev–Trinajstić information content (AvgIpc) is 2.74. The molecule has 2 rings (SSSR count). The molecule has 0 radical (unpaired) electrons. The molecule has 1 aliphatic rings. The van der Waals surface area contributed by atoms with Gasteiger partial charge in [-0.2, -0.15) is 0 Å². The van der Waals surface area contributed by atoms with Gasteiger partial charge < -0.3 is 11.1 Å². The number of nitrogens with two attached hydrogens (primary N) is 1. The summed E-state index contributed by atoms with van der Waals surface area (Å²) in [4.78, 5) is 1.48. The highest BCUT2D eigenvalue weighted by atomic mass is 35.5. The predicted octanol–water partition coefficient (Wildman–Crippen LogP) is 1.85. The van der Waals surface area contributed by atoms with E-state index < -0.39 is 0 Å². The molecule has 2 heterocycles. The van der Waals surface area contributed by atoms with Crippen LogP contribution in [0.15, 0.2) is 17.5 Å². The second-order valence-corrected chi connectivity index (χ2v) is 4.26. The molecule has 2 unspecified atom stereocenters. The topological polar surface area (TPSA) is 38.0 Å². The summed E-state index contributed by atoms with van der Waals surface area (Å²) in [7, 11) is 0. The maximum absolute atomic E-state index is 5.69. The molecule has 2 atom stereocenters. The van der Waals surface area contributed by atoms with Crippen LogP contribution in [0.25, 0.3) is 0 Å². The van der Waals surface area contributed by atoms with E-state index in [4.69, 9.17) is 5.73 Å². The number of hydrogen-bond acceptors (Lipinski definition) is 3. The molecule has 0 aliphatic carbocycles. The normalized spacial score (nSPS) is 25.2. The Morgan fingerprint density at radius 1 is 1.43 bits per heavy atom. The third-order valence-electron chi connectivity index (χ3n) is 2.55. The van der Waals surface area contributed by atoms with E-state index in [1.165, 1.54) is 4.88 Å². The van der Waals surface area contributed by atoms with Crippen LogP contribution in [-0.4, -0.2) is 19.6 Å². The number of hydrogen-bond donors (Lipinski definition) is 2. The lowest BCUT2D eigenvalue weighted by Gasteiger charge is -2.14. The van der Waals surface area contributed by atoms with Gasteiger partial charge in [0, 0.05) is 17.3 Å². The number of thiophene rings is 1. The second-order valence-electron chi connectivity index (χ2n) is 3.28. The molecule has 0 amide bonds. The Hall–Kier alpha value is 0.200. The van der Waals surface area contributed by atoms with Gasteiger partial charge in [0.1, 0.15) is 0 Å². The van der Waals surface area contributed by atoms with Crippen LogP contribution in [-0.2, 0) is 0 Å². The van der Waals surface area contributed by atoms with Crippen LogP contribution >= 0.6 is 36.2 Å². The van der Waals surface area contributed by atoms with Crippen LogP contribution < -0.4 is 11.1 Å². The Morgan fingerprint density at radius 2 is 2.21 bits per heavy atom. The Bertz CT molecular complexity index is 241. The molecule has 0 spiro atoms. The van der Waals surface area contributed by atoms with E-state index in [2.05, 4.69) is 22.8 Å². The van der Waals surface area contributed by atoms with Gasteiger partial charge in [-0.25, -0.2) is 0 Å². The zero-order valence-corrected chi connectivity index (χ0v) is 10.3. The molecule has 1 fully saturated rings. The summed E-state index contributed by atoms with van der Waals surface area (Å²) >= 11 is 1.84. The van der Waals surface area contributed by atoms with Crippen molar-refractivity contribution in [2.24, 2.45) is 11.7 Å². The molecule has 5 heteroatoms. The van der Waals surface area contributed by atoms with Gasteiger partial charge in [-0.3, -0.25) is 0 Å². The molecule has 14 heavy (non-hydrogen) atoms. The first kappa shape index (κ1) is 14.2. The summed E-state index contributed by atoms with van der Waals surface area (Å²) < 4.78 is 0. The number of halogens is 2. The van der Waals surface area contributed by atoms with Crippen LogP contribution in [0.5, 0.6) is 0 Å². The lowest BCUT2D eigenvalue weighted by molar-refractivity contribution is 0.537. The Balaban J connectivity index is 0.000000845. The maximum atomic E-state index is 5.69. The second kappa shape index (κ2) is 6.64. The van der Waals surface area contributed by atoms with Crippen molar-refractivity contribution in [3.63, 3.8) is 0 Å². The van der Waals surface area contributed by atoms with Crippen molar-refractivity contribution in [2.75, 3.05) is 19.6 Å². The highest BCUT2D eigenvalue weighted by Crippen LogP contribution is 2.30. The summed E-state index contributed by atoms with van der Waals surface area (Å²) in [6, 6.07) is 4.33. The number of rotatable bonds is 2.